The summed E-state index contributed by atoms with van der Waals surface area (Å²) in [6, 6.07) is 3.67. The van der Waals surface area contributed by atoms with Crippen molar-refractivity contribution in [3.05, 3.63) is 18.3 Å². The summed E-state index contributed by atoms with van der Waals surface area (Å²) in [4.78, 5) is 0. The van der Waals surface area contributed by atoms with Crippen molar-refractivity contribution in [1.82, 2.24) is 10.2 Å². The molecule has 0 unspecified atom stereocenters. The number of aromatic nitrogens is 2. The Labute approximate surface area is 84.4 Å². The van der Waals surface area contributed by atoms with Gasteiger partial charge in [-0.05, 0) is 25.0 Å². The van der Waals surface area contributed by atoms with Gasteiger partial charge in [-0.15, -0.1) is 5.10 Å². The molecule has 0 fully saturated rings. The van der Waals surface area contributed by atoms with Gasteiger partial charge in [0.1, 0.15) is 5.82 Å². The fourth-order valence-corrected chi connectivity index (χ4v) is 1.33. The predicted octanol–water partition coefficient (Wildman–Crippen LogP) is 1.44. The van der Waals surface area contributed by atoms with Crippen LogP contribution in [0.4, 0.5) is 5.82 Å². The molecular weight excluding hydrogens is 178 g/mol. The highest BCUT2D eigenvalue weighted by Crippen LogP contribution is 2.19. The zero-order chi connectivity index (χ0) is 10.4. The smallest absolute Gasteiger partial charge is 0.149 e. The number of nitrogens with one attached hydrogen (secondary N) is 1. The lowest BCUT2D eigenvalue weighted by molar-refractivity contribution is 0.202. The minimum absolute atomic E-state index is 0.108. The molecule has 0 aliphatic rings. The Kier molecular flexibility index (Phi) is 3.83. The second-order valence-electron chi connectivity index (χ2n) is 3.38. The molecule has 1 rings (SSSR count). The topological polar surface area (TPSA) is 58.0 Å². The summed E-state index contributed by atoms with van der Waals surface area (Å²) >= 11 is 0. The lowest BCUT2D eigenvalue weighted by Gasteiger charge is -2.30. The lowest BCUT2D eigenvalue weighted by Crippen LogP contribution is -2.41. The number of nitrogens with zero attached hydrogens (tertiary/aromatic N) is 2. The van der Waals surface area contributed by atoms with Crippen LogP contribution in [0.1, 0.15) is 26.7 Å². The zero-order valence-electron chi connectivity index (χ0n) is 8.70. The Morgan fingerprint density at radius 2 is 2.14 bits per heavy atom. The van der Waals surface area contributed by atoms with Crippen molar-refractivity contribution < 1.29 is 5.11 Å². The van der Waals surface area contributed by atoms with Gasteiger partial charge in [0, 0.05) is 6.20 Å². The average Bonchev–Trinajstić information content (AvgIpc) is 2.28. The molecule has 2 N–H and O–H groups in total. The van der Waals surface area contributed by atoms with E-state index in [1.54, 1.807) is 6.20 Å². The fourth-order valence-electron chi connectivity index (χ4n) is 1.33. The molecule has 0 radical (unpaired) electrons. The van der Waals surface area contributed by atoms with E-state index in [1.165, 1.54) is 0 Å². The standard InChI is InChI=1S/C10H17N3O/c1-3-10(4-2,8-14)12-9-6-5-7-11-13-9/h5-7,14H,3-4,8H2,1-2H3,(H,12,13). The highest BCUT2D eigenvalue weighted by molar-refractivity contribution is 5.35. The number of rotatable bonds is 5. The van der Waals surface area contributed by atoms with Crippen molar-refractivity contribution in [2.75, 3.05) is 11.9 Å². The molecule has 78 valence electrons. The van der Waals surface area contributed by atoms with Gasteiger partial charge in [-0.25, -0.2) is 0 Å². The van der Waals surface area contributed by atoms with Crippen LogP contribution in [0, 0.1) is 0 Å². The molecule has 1 heterocycles. The van der Waals surface area contributed by atoms with Gasteiger partial charge in [0.05, 0.1) is 12.1 Å². The molecule has 0 atom stereocenters. The second-order valence-corrected chi connectivity index (χ2v) is 3.38. The summed E-state index contributed by atoms with van der Waals surface area (Å²) in [6.07, 6.45) is 3.34. The van der Waals surface area contributed by atoms with Gasteiger partial charge in [-0.2, -0.15) is 5.10 Å². The Morgan fingerprint density at radius 1 is 1.43 bits per heavy atom. The first-order valence-electron chi connectivity index (χ1n) is 4.93. The van der Waals surface area contributed by atoms with Crippen molar-refractivity contribution in [2.24, 2.45) is 0 Å². The lowest BCUT2D eigenvalue weighted by atomic mass is 9.94. The van der Waals surface area contributed by atoms with Gasteiger partial charge in [0.2, 0.25) is 0 Å². The number of aliphatic hydroxyl groups excluding tert-OH is 1. The first-order chi connectivity index (χ1) is 6.76. The maximum atomic E-state index is 9.33. The van der Waals surface area contributed by atoms with Crippen LogP contribution in [0.25, 0.3) is 0 Å². The van der Waals surface area contributed by atoms with Crippen LogP contribution in [-0.2, 0) is 0 Å². The Balaban J connectivity index is 2.74. The predicted molar refractivity (Wildman–Crippen MR) is 56.1 cm³/mol. The number of anilines is 1. The molecular formula is C10H17N3O. The Hall–Kier alpha value is -1.16. The molecule has 0 saturated heterocycles. The largest absolute Gasteiger partial charge is 0.394 e. The number of aliphatic hydroxyl groups is 1. The van der Waals surface area contributed by atoms with Gasteiger partial charge in [0.25, 0.3) is 0 Å². The highest BCUT2D eigenvalue weighted by atomic mass is 16.3. The van der Waals surface area contributed by atoms with Crippen molar-refractivity contribution in [3.8, 4) is 0 Å². The molecule has 0 spiro atoms. The van der Waals surface area contributed by atoms with Gasteiger partial charge >= 0.3 is 0 Å². The van der Waals surface area contributed by atoms with E-state index >= 15 is 0 Å². The molecule has 0 aliphatic heterocycles. The molecule has 14 heavy (non-hydrogen) atoms. The van der Waals surface area contributed by atoms with Crippen molar-refractivity contribution in [1.29, 1.82) is 0 Å². The number of hydrogen-bond donors (Lipinski definition) is 2. The van der Waals surface area contributed by atoms with E-state index in [1.807, 2.05) is 26.0 Å². The first kappa shape index (κ1) is 10.9. The van der Waals surface area contributed by atoms with Crippen LogP contribution in [0.5, 0.6) is 0 Å². The minimum atomic E-state index is -0.268. The van der Waals surface area contributed by atoms with E-state index in [4.69, 9.17) is 0 Å². The van der Waals surface area contributed by atoms with Crippen LogP contribution in [-0.4, -0.2) is 27.4 Å². The number of hydrogen-bond acceptors (Lipinski definition) is 4. The molecule has 4 heteroatoms. The SMILES string of the molecule is CCC(CC)(CO)Nc1cccnn1. The molecule has 4 nitrogen and oxygen atoms in total. The first-order valence-corrected chi connectivity index (χ1v) is 4.93. The third-order valence-electron chi connectivity index (χ3n) is 2.62. The molecule has 0 bridgehead atoms. The van der Waals surface area contributed by atoms with Crippen LogP contribution in [0.3, 0.4) is 0 Å². The normalized spacial score (nSPS) is 11.4. The summed E-state index contributed by atoms with van der Waals surface area (Å²) < 4.78 is 0. The van der Waals surface area contributed by atoms with Crippen LogP contribution in [0.2, 0.25) is 0 Å². The summed E-state index contributed by atoms with van der Waals surface area (Å²) in [5.74, 6) is 0.713. The van der Waals surface area contributed by atoms with Gasteiger partial charge in [0.15, 0.2) is 0 Å². The molecule has 0 aliphatic carbocycles. The molecule has 0 amide bonds. The van der Waals surface area contributed by atoms with E-state index in [0.717, 1.165) is 12.8 Å². The zero-order valence-corrected chi connectivity index (χ0v) is 8.70. The minimum Gasteiger partial charge on any atom is -0.394 e. The highest BCUT2D eigenvalue weighted by Gasteiger charge is 2.24. The molecule has 1 aromatic rings. The van der Waals surface area contributed by atoms with Crippen LogP contribution < -0.4 is 5.32 Å². The van der Waals surface area contributed by atoms with E-state index in [-0.39, 0.29) is 12.1 Å². The Morgan fingerprint density at radius 3 is 2.57 bits per heavy atom. The summed E-state index contributed by atoms with van der Waals surface area (Å²) in [6.45, 7) is 4.20. The summed E-state index contributed by atoms with van der Waals surface area (Å²) in [5, 5.41) is 20.3. The average molecular weight is 195 g/mol. The van der Waals surface area contributed by atoms with Gasteiger partial charge in [-0.3, -0.25) is 0 Å². The van der Waals surface area contributed by atoms with Crippen LogP contribution in [0.15, 0.2) is 18.3 Å². The van der Waals surface area contributed by atoms with Crippen LogP contribution >= 0.6 is 0 Å². The third kappa shape index (κ3) is 2.42. The van der Waals surface area contributed by atoms with Crippen molar-refractivity contribution in [2.45, 2.75) is 32.2 Å². The van der Waals surface area contributed by atoms with E-state index in [9.17, 15) is 5.11 Å². The van der Waals surface area contributed by atoms with Crippen molar-refractivity contribution >= 4 is 5.82 Å². The van der Waals surface area contributed by atoms with E-state index in [0.29, 0.717) is 5.82 Å². The van der Waals surface area contributed by atoms with E-state index in [2.05, 4.69) is 15.5 Å². The molecule has 0 aromatic carbocycles. The quantitative estimate of drug-likeness (QED) is 0.746. The van der Waals surface area contributed by atoms with Crippen molar-refractivity contribution in [3.63, 3.8) is 0 Å². The summed E-state index contributed by atoms with van der Waals surface area (Å²) in [7, 11) is 0. The second kappa shape index (κ2) is 4.91. The van der Waals surface area contributed by atoms with Gasteiger partial charge < -0.3 is 10.4 Å². The molecule has 0 saturated carbocycles. The Bertz CT molecular complexity index is 251. The third-order valence-corrected chi connectivity index (χ3v) is 2.62. The maximum absolute atomic E-state index is 9.33. The monoisotopic (exact) mass is 195 g/mol. The summed E-state index contributed by atoms with van der Waals surface area (Å²) in [5.41, 5.74) is -0.268. The molecule has 1 aromatic heterocycles. The van der Waals surface area contributed by atoms with E-state index < -0.39 is 0 Å². The fraction of sp³-hybridized carbons (Fsp3) is 0.600. The maximum Gasteiger partial charge on any atom is 0.149 e. The van der Waals surface area contributed by atoms with Gasteiger partial charge in [-0.1, -0.05) is 13.8 Å².